The van der Waals surface area contributed by atoms with E-state index in [2.05, 4.69) is 12.2 Å². The molecule has 0 aromatic heterocycles. The SMILES string of the molecule is CCCCCC(=O)CC1CCCCN1. The highest BCUT2D eigenvalue weighted by Gasteiger charge is 2.15. The molecule has 0 amide bonds. The zero-order valence-electron chi connectivity index (χ0n) is 9.35. The van der Waals surface area contributed by atoms with Crippen molar-refractivity contribution in [1.82, 2.24) is 5.32 Å². The van der Waals surface area contributed by atoms with Gasteiger partial charge in [0.05, 0.1) is 0 Å². The average molecular weight is 197 g/mol. The Morgan fingerprint density at radius 2 is 2.21 bits per heavy atom. The zero-order valence-corrected chi connectivity index (χ0v) is 9.35. The van der Waals surface area contributed by atoms with Crippen LogP contribution >= 0.6 is 0 Å². The third-order valence-corrected chi connectivity index (χ3v) is 2.95. The van der Waals surface area contributed by atoms with Crippen molar-refractivity contribution in [3.63, 3.8) is 0 Å². The fourth-order valence-corrected chi connectivity index (χ4v) is 2.05. The third kappa shape index (κ3) is 4.75. The highest BCUT2D eigenvalue weighted by Crippen LogP contribution is 2.12. The molecule has 1 saturated heterocycles. The molecule has 1 aliphatic rings. The summed E-state index contributed by atoms with van der Waals surface area (Å²) >= 11 is 0. The number of hydrogen-bond acceptors (Lipinski definition) is 2. The van der Waals surface area contributed by atoms with Gasteiger partial charge in [-0.05, 0) is 25.8 Å². The van der Waals surface area contributed by atoms with Crippen molar-refractivity contribution in [2.24, 2.45) is 0 Å². The second kappa shape index (κ2) is 6.99. The molecule has 1 unspecified atom stereocenters. The number of rotatable bonds is 6. The molecule has 0 spiro atoms. The van der Waals surface area contributed by atoms with Crippen LogP contribution < -0.4 is 5.32 Å². The Morgan fingerprint density at radius 3 is 2.86 bits per heavy atom. The maximum Gasteiger partial charge on any atom is 0.134 e. The minimum absolute atomic E-state index is 0.456. The summed E-state index contributed by atoms with van der Waals surface area (Å²) in [6.07, 6.45) is 8.82. The number of hydrogen-bond donors (Lipinski definition) is 1. The van der Waals surface area contributed by atoms with Crippen LogP contribution in [-0.4, -0.2) is 18.4 Å². The fourth-order valence-electron chi connectivity index (χ4n) is 2.05. The lowest BCUT2D eigenvalue weighted by Gasteiger charge is -2.22. The van der Waals surface area contributed by atoms with Crippen molar-refractivity contribution in [3.8, 4) is 0 Å². The smallest absolute Gasteiger partial charge is 0.134 e. The summed E-state index contributed by atoms with van der Waals surface area (Å²) in [6.45, 7) is 3.28. The molecule has 2 heteroatoms. The molecule has 0 aromatic rings. The van der Waals surface area contributed by atoms with Gasteiger partial charge in [-0.25, -0.2) is 0 Å². The van der Waals surface area contributed by atoms with Gasteiger partial charge in [-0.1, -0.05) is 26.2 Å². The van der Waals surface area contributed by atoms with E-state index in [9.17, 15) is 4.79 Å². The van der Waals surface area contributed by atoms with Crippen LogP contribution in [-0.2, 0) is 4.79 Å². The molecule has 0 bridgehead atoms. The Morgan fingerprint density at radius 1 is 1.36 bits per heavy atom. The van der Waals surface area contributed by atoms with Gasteiger partial charge in [0.15, 0.2) is 0 Å². The van der Waals surface area contributed by atoms with Gasteiger partial charge in [0, 0.05) is 18.9 Å². The summed E-state index contributed by atoms with van der Waals surface area (Å²) in [6, 6.07) is 0.484. The molecular formula is C12H23NO. The lowest BCUT2D eigenvalue weighted by atomic mass is 9.98. The highest BCUT2D eigenvalue weighted by atomic mass is 16.1. The largest absolute Gasteiger partial charge is 0.314 e. The summed E-state index contributed by atoms with van der Waals surface area (Å²) in [7, 11) is 0. The van der Waals surface area contributed by atoms with E-state index in [0.29, 0.717) is 11.8 Å². The van der Waals surface area contributed by atoms with Crippen LogP contribution in [0, 0.1) is 0 Å². The summed E-state index contributed by atoms with van der Waals surface area (Å²) < 4.78 is 0. The Bertz CT molecular complexity index is 162. The lowest BCUT2D eigenvalue weighted by Crippen LogP contribution is -2.35. The van der Waals surface area contributed by atoms with Crippen LogP contribution in [0.5, 0.6) is 0 Å². The first kappa shape index (κ1) is 11.7. The molecule has 14 heavy (non-hydrogen) atoms. The van der Waals surface area contributed by atoms with Crippen molar-refractivity contribution in [2.75, 3.05) is 6.54 Å². The monoisotopic (exact) mass is 197 g/mol. The molecule has 1 heterocycles. The van der Waals surface area contributed by atoms with E-state index in [1.165, 1.54) is 32.1 Å². The number of carbonyl (C=O) groups excluding carboxylic acids is 1. The Kier molecular flexibility index (Phi) is 5.85. The average Bonchev–Trinajstić information content (AvgIpc) is 2.20. The summed E-state index contributed by atoms with van der Waals surface area (Å²) in [5, 5.41) is 3.42. The van der Waals surface area contributed by atoms with Crippen LogP contribution in [0.4, 0.5) is 0 Å². The molecule has 0 aliphatic carbocycles. The molecule has 2 nitrogen and oxygen atoms in total. The van der Waals surface area contributed by atoms with Gasteiger partial charge in [-0.2, -0.15) is 0 Å². The number of ketones is 1. The number of unbranched alkanes of at least 4 members (excludes halogenated alkanes) is 2. The molecule has 0 radical (unpaired) electrons. The van der Waals surface area contributed by atoms with Crippen LogP contribution in [0.15, 0.2) is 0 Å². The molecule has 1 rings (SSSR count). The lowest BCUT2D eigenvalue weighted by molar-refractivity contribution is -0.119. The third-order valence-electron chi connectivity index (χ3n) is 2.95. The number of carbonyl (C=O) groups is 1. The molecule has 1 fully saturated rings. The van der Waals surface area contributed by atoms with Crippen molar-refractivity contribution in [1.29, 1.82) is 0 Å². The van der Waals surface area contributed by atoms with E-state index in [4.69, 9.17) is 0 Å². The van der Waals surface area contributed by atoms with Gasteiger partial charge in [0.25, 0.3) is 0 Å². The quantitative estimate of drug-likeness (QED) is 0.663. The van der Waals surface area contributed by atoms with Gasteiger partial charge >= 0.3 is 0 Å². The summed E-state index contributed by atoms with van der Waals surface area (Å²) in [5.74, 6) is 0.456. The maximum atomic E-state index is 11.5. The van der Waals surface area contributed by atoms with E-state index in [1.807, 2.05) is 0 Å². The van der Waals surface area contributed by atoms with Crippen LogP contribution in [0.2, 0.25) is 0 Å². The molecule has 0 aromatic carbocycles. The van der Waals surface area contributed by atoms with Crippen molar-refractivity contribution in [3.05, 3.63) is 0 Å². The minimum atomic E-state index is 0.456. The second-order valence-electron chi connectivity index (χ2n) is 4.35. The van der Waals surface area contributed by atoms with Crippen molar-refractivity contribution < 1.29 is 4.79 Å². The van der Waals surface area contributed by atoms with Gasteiger partial charge in [0.2, 0.25) is 0 Å². The predicted octanol–water partition coefficient (Wildman–Crippen LogP) is 2.67. The summed E-state index contributed by atoms with van der Waals surface area (Å²) in [5.41, 5.74) is 0. The fraction of sp³-hybridized carbons (Fsp3) is 0.917. The first-order valence-corrected chi connectivity index (χ1v) is 6.08. The highest BCUT2D eigenvalue weighted by molar-refractivity contribution is 5.78. The Balaban J connectivity index is 2.06. The molecular weight excluding hydrogens is 174 g/mol. The van der Waals surface area contributed by atoms with E-state index in [1.54, 1.807) is 0 Å². The number of piperidine rings is 1. The Hall–Kier alpha value is -0.370. The predicted molar refractivity (Wildman–Crippen MR) is 59.4 cm³/mol. The molecule has 82 valence electrons. The van der Waals surface area contributed by atoms with E-state index < -0.39 is 0 Å². The topological polar surface area (TPSA) is 29.1 Å². The van der Waals surface area contributed by atoms with Crippen LogP contribution in [0.25, 0.3) is 0 Å². The van der Waals surface area contributed by atoms with Gasteiger partial charge in [-0.15, -0.1) is 0 Å². The molecule has 0 saturated carbocycles. The first-order chi connectivity index (χ1) is 6.83. The van der Waals surface area contributed by atoms with Gasteiger partial charge in [-0.3, -0.25) is 4.79 Å². The van der Waals surface area contributed by atoms with Crippen molar-refractivity contribution in [2.45, 2.75) is 64.3 Å². The molecule has 1 atom stereocenters. The van der Waals surface area contributed by atoms with Crippen molar-refractivity contribution >= 4 is 5.78 Å². The number of Topliss-reactive ketones (excluding diaryl/α,β-unsaturated/α-hetero) is 1. The minimum Gasteiger partial charge on any atom is -0.314 e. The van der Waals surface area contributed by atoms with Crippen LogP contribution in [0.1, 0.15) is 58.3 Å². The summed E-state index contributed by atoms with van der Waals surface area (Å²) in [4.78, 5) is 11.5. The standard InChI is InChI=1S/C12H23NO/c1-2-3-4-8-12(14)10-11-7-5-6-9-13-11/h11,13H,2-10H2,1H3. The normalized spacial score (nSPS) is 22.2. The molecule has 1 N–H and O–H groups in total. The van der Waals surface area contributed by atoms with E-state index in [-0.39, 0.29) is 0 Å². The maximum absolute atomic E-state index is 11.5. The van der Waals surface area contributed by atoms with Crippen LogP contribution in [0.3, 0.4) is 0 Å². The Labute approximate surface area is 87.5 Å². The van der Waals surface area contributed by atoms with Gasteiger partial charge < -0.3 is 5.32 Å². The van der Waals surface area contributed by atoms with E-state index >= 15 is 0 Å². The van der Waals surface area contributed by atoms with Gasteiger partial charge in [0.1, 0.15) is 5.78 Å². The number of nitrogens with one attached hydrogen (secondary N) is 1. The zero-order chi connectivity index (χ0) is 10.2. The van der Waals surface area contributed by atoms with E-state index in [0.717, 1.165) is 25.8 Å². The second-order valence-corrected chi connectivity index (χ2v) is 4.35. The molecule has 1 aliphatic heterocycles. The first-order valence-electron chi connectivity index (χ1n) is 6.08.